The summed E-state index contributed by atoms with van der Waals surface area (Å²) < 4.78 is 35.7. The van der Waals surface area contributed by atoms with E-state index < -0.39 is 15.9 Å². The first kappa shape index (κ1) is 20.7. The van der Waals surface area contributed by atoms with Crippen molar-refractivity contribution >= 4 is 38.4 Å². The average Bonchev–Trinajstić information content (AvgIpc) is 3.37. The number of hydrogen-bond acceptors (Lipinski definition) is 6. The van der Waals surface area contributed by atoms with Gasteiger partial charge in [-0.2, -0.15) is 4.99 Å². The molecule has 0 aromatic heterocycles. The second kappa shape index (κ2) is 8.65. The number of benzene rings is 1. The lowest BCUT2D eigenvalue weighted by molar-refractivity contribution is -0.126. The molecule has 4 rings (SSSR count). The van der Waals surface area contributed by atoms with Gasteiger partial charge in [0, 0.05) is 23.6 Å². The highest BCUT2D eigenvalue weighted by Gasteiger charge is 2.49. The SMILES string of the molecule is CCCCOc1cccc(N2C(=NC(=O)C3CCCO3)SC3CS(=O)(=O)CC32)c1. The predicted octanol–water partition coefficient (Wildman–Crippen LogP) is 2.65. The third-order valence-corrected chi connectivity index (χ3v) is 8.55. The summed E-state index contributed by atoms with van der Waals surface area (Å²) in [4.78, 5) is 18.8. The van der Waals surface area contributed by atoms with E-state index >= 15 is 0 Å². The van der Waals surface area contributed by atoms with Gasteiger partial charge in [0.25, 0.3) is 5.91 Å². The molecular weight excluding hydrogens is 412 g/mol. The van der Waals surface area contributed by atoms with Gasteiger partial charge in [-0.1, -0.05) is 31.2 Å². The maximum atomic E-state index is 12.6. The number of carbonyl (C=O) groups excluding carboxylic acids is 1. The zero-order chi connectivity index (χ0) is 20.4. The van der Waals surface area contributed by atoms with Gasteiger partial charge in [0.05, 0.1) is 24.2 Å². The van der Waals surface area contributed by atoms with E-state index in [1.807, 2.05) is 29.2 Å². The molecule has 3 aliphatic heterocycles. The first-order valence-corrected chi connectivity index (χ1v) is 12.8. The van der Waals surface area contributed by atoms with Gasteiger partial charge in [-0.25, -0.2) is 8.42 Å². The standard InChI is InChI=1S/C20H26N2O5S2/c1-2-3-9-26-15-7-4-6-14(11-15)22-16-12-29(24,25)13-18(16)28-20(22)21-19(23)17-8-5-10-27-17/h4,6-7,11,16-18H,2-3,5,8-10,12-13H2,1H3. The molecule has 3 saturated heterocycles. The number of amidine groups is 1. The van der Waals surface area contributed by atoms with E-state index in [2.05, 4.69) is 11.9 Å². The predicted molar refractivity (Wildman–Crippen MR) is 115 cm³/mol. The first-order chi connectivity index (χ1) is 14.0. The Morgan fingerprint density at radius 2 is 2.24 bits per heavy atom. The van der Waals surface area contributed by atoms with E-state index in [1.54, 1.807) is 0 Å². The molecule has 0 spiro atoms. The maximum absolute atomic E-state index is 12.6. The zero-order valence-electron chi connectivity index (χ0n) is 16.5. The lowest BCUT2D eigenvalue weighted by atomic mass is 10.2. The van der Waals surface area contributed by atoms with Crippen molar-refractivity contribution < 1.29 is 22.7 Å². The van der Waals surface area contributed by atoms with Crippen molar-refractivity contribution in [1.29, 1.82) is 0 Å². The third kappa shape index (κ3) is 4.62. The van der Waals surface area contributed by atoms with Gasteiger partial charge in [-0.05, 0) is 31.4 Å². The highest BCUT2D eigenvalue weighted by molar-refractivity contribution is 8.16. The number of hydrogen-bond donors (Lipinski definition) is 0. The summed E-state index contributed by atoms with van der Waals surface area (Å²) in [5.41, 5.74) is 0.801. The first-order valence-electron chi connectivity index (χ1n) is 10.1. The number of thioether (sulfide) groups is 1. The molecule has 0 saturated carbocycles. The Morgan fingerprint density at radius 3 is 3.00 bits per heavy atom. The minimum atomic E-state index is -3.10. The monoisotopic (exact) mass is 438 g/mol. The molecule has 3 fully saturated rings. The average molecular weight is 439 g/mol. The fourth-order valence-corrected chi connectivity index (χ4v) is 7.78. The Kier molecular flexibility index (Phi) is 6.17. The quantitative estimate of drug-likeness (QED) is 0.631. The Bertz CT molecular complexity index is 896. The molecule has 0 radical (unpaired) electrons. The number of sulfone groups is 1. The fourth-order valence-electron chi connectivity index (χ4n) is 3.86. The van der Waals surface area contributed by atoms with Gasteiger partial charge in [0.1, 0.15) is 11.9 Å². The molecule has 3 atom stereocenters. The molecule has 1 amide bonds. The van der Waals surface area contributed by atoms with Crippen molar-refractivity contribution in [3.05, 3.63) is 24.3 Å². The largest absolute Gasteiger partial charge is 0.494 e. The molecule has 0 aliphatic carbocycles. The van der Waals surface area contributed by atoms with Crippen LogP contribution in [0.2, 0.25) is 0 Å². The summed E-state index contributed by atoms with van der Waals surface area (Å²) in [6.45, 7) is 3.32. The molecule has 9 heteroatoms. The van der Waals surface area contributed by atoms with Gasteiger partial charge in [0.2, 0.25) is 0 Å². The van der Waals surface area contributed by atoms with Crippen molar-refractivity contribution in [1.82, 2.24) is 0 Å². The normalized spacial score (nSPS) is 29.3. The Balaban J connectivity index is 1.62. The number of amides is 1. The van der Waals surface area contributed by atoms with Crippen LogP contribution in [0.1, 0.15) is 32.6 Å². The Hall–Kier alpha value is -1.58. The van der Waals surface area contributed by atoms with Crippen molar-refractivity contribution in [2.24, 2.45) is 4.99 Å². The molecule has 0 bridgehead atoms. The van der Waals surface area contributed by atoms with E-state index in [4.69, 9.17) is 9.47 Å². The minimum Gasteiger partial charge on any atom is -0.494 e. The van der Waals surface area contributed by atoms with Gasteiger partial charge in [-0.15, -0.1) is 0 Å². The van der Waals surface area contributed by atoms with E-state index in [9.17, 15) is 13.2 Å². The van der Waals surface area contributed by atoms with E-state index in [-0.39, 0.29) is 28.7 Å². The number of aliphatic imine (C=N–C) groups is 1. The molecular formula is C20H26N2O5S2. The second-order valence-corrected chi connectivity index (χ2v) is 11.0. The van der Waals surface area contributed by atoms with Gasteiger partial charge in [-0.3, -0.25) is 4.79 Å². The lowest BCUT2D eigenvalue weighted by Crippen LogP contribution is -2.38. The summed E-state index contributed by atoms with van der Waals surface area (Å²) in [7, 11) is -3.10. The van der Waals surface area contributed by atoms with Crippen LogP contribution in [-0.4, -0.2) is 61.6 Å². The molecule has 3 unspecified atom stereocenters. The molecule has 29 heavy (non-hydrogen) atoms. The van der Waals surface area contributed by atoms with Crippen LogP contribution >= 0.6 is 11.8 Å². The van der Waals surface area contributed by atoms with Crippen LogP contribution in [0.25, 0.3) is 0 Å². The molecule has 3 heterocycles. The van der Waals surface area contributed by atoms with E-state index in [1.165, 1.54) is 11.8 Å². The number of fused-ring (bicyclic) bond motifs is 1. The van der Waals surface area contributed by atoms with Crippen LogP contribution in [0.4, 0.5) is 5.69 Å². The minimum absolute atomic E-state index is 0.0682. The lowest BCUT2D eigenvalue weighted by Gasteiger charge is -2.25. The number of rotatable bonds is 6. The van der Waals surface area contributed by atoms with Gasteiger partial charge < -0.3 is 14.4 Å². The second-order valence-electron chi connectivity index (χ2n) is 7.60. The summed E-state index contributed by atoms with van der Waals surface area (Å²) in [5, 5.41) is 0.432. The maximum Gasteiger partial charge on any atom is 0.277 e. The number of anilines is 1. The Morgan fingerprint density at radius 1 is 1.38 bits per heavy atom. The van der Waals surface area contributed by atoms with Crippen LogP contribution in [-0.2, 0) is 19.4 Å². The van der Waals surface area contributed by atoms with Crippen LogP contribution in [0.15, 0.2) is 29.3 Å². The van der Waals surface area contributed by atoms with E-state index in [0.717, 1.165) is 30.7 Å². The zero-order valence-corrected chi connectivity index (χ0v) is 18.1. The van der Waals surface area contributed by atoms with Crippen LogP contribution in [0.3, 0.4) is 0 Å². The Labute approximate surface area is 175 Å². The van der Waals surface area contributed by atoms with Crippen molar-refractivity contribution in [3.8, 4) is 5.75 Å². The summed E-state index contributed by atoms with van der Waals surface area (Å²) in [6, 6.07) is 7.35. The smallest absolute Gasteiger partial charge is 0.277 e. The molecule has 1 aromatic carbocycles. The molecule has 1 aromatic rings. The van der Waals surface area contributed by atoms with Crippen molar-refractivity contribution in [3.63, 3.8) is 0 Å². The number of nitrogens with zero attached hydrogens (tertiary/aromatic N) is 2. The number of unbranched alkanes of at least 4 members (excludes halogenated alkanes) is 1. The molecule has 3 aliphatic rings. The highest BCUT2D eigenvalue weighted by Crippen LogP contribution is 2.41. The summed E-state index contributed by atoms with van der Waals surface area (Å²) in [6.07, 6.45) is 3.07. The van der Waals surface area contributed by atoms with E-state index in [0.29, 0.717) is 24.8 Å². The number of ether oxygens (including phenoxy) is 2. The fraction of sp³-hybridized carbons (Fsp3) is 0.600. The van der Waals surface area contributed by atoms with Crippen molar-refractivity contribution in [2.75, 3.05) is 29.6 Å². The summed E-state index contributed by atoms with van der Waals surface area (Å²) >= 11 is 1.38. The van der Waals surface area contributed by atoms with Crippen molar-refractivity contribution in [2.45, 2.75) is 50.0 Å². The van der Waals surface area contributed by atoms with Gasteiger partial charge >= 0.3 is 0 Å². The third-order valence-electron chi connectivity index (χ3n) is 5.34. The summed E-state index contributed by atoms with van der Waals surface area (Å²) in [5.74, 6) is 0.625. The van der Waals surface area contributed by atoms with Gasteiger partial charge in [0.15, 0.2) is 15.0 Å². The van der Waals surface area contributed by atoms with Crippen LogP contribution < -0.4 is 9.64 Å². The molecule has 0 N–H and O–H groups in total. The highest BCUT2D eigenvalue weighted by atomic mass is 32.2. The topological polar surface area (TPSA) is 85.3 Å². The molecule has 7 nitrogen and oxygen atoms in total. The molecule has 158 valence electrons. The van der Waals surface area contributed by atoms with Crippen LogP contribution in [0.5, 0.6) is 5.75 Å². The van der Waals surface area contributed by atoms with Crippen LogP contribution in [0, 0.1) is 0 Å². The number of carbonyl (C=O) groups is 1.